The quantitative estimate of drug-likeness (QED) is 0.688. The fraction of sp³-hybridized carbons (Fsp3) is 0.263. The standard InChI is InChI=1S/C19H19N5O/c25-18(24-11-3-7-17(24)12-23-14-20-13-22-23)9-8-16-5-1-4-15-6-2-10-21-19(15)16/h1-2,4-6,8-10,13-14,17H,3,7,11-12H2/b9-8+. The lowest BCUT2D eigenvalue weighted by molar-refractivity contribution is -0.126. The molecule has 1 unspecified atom stereocenters. The molecular weight excluding hydrogens is 314 g/mol. The second-order valence-electron chi connectivity index (χ2n) is 6.20. The second-order valence-corrected chi connectivity index (χ2v) is 6.20. The number of benzene rings is 1. The number of fused-ring (bicyclic) bond motifs is 1. The van der Waals surface area contributed by atoms with Gasteiger partial charge in [-0.1, -0.05) is 24.3 Å². The fourth-order valence-electron chi connectivity index (χ4n) is 3.38. The molecule has 1 fully saturated rings. The monoisotopic (exact) mass is 333 g/mol. The van der Waals surface area contributed by atoms with Crippen LogP contribution in [0.2, 0.25) is 0 Å². The molecular formula is C19H19N5O. The van der Waals surface area contributed by atoms with Gasteiger partial charge in [0, 0.05) is 29.8 Å². The summed E-state index contributed by atoms with van der Waals surface area (Å²) < 4.78 is 1.79. The molecule has 0 saturated carbocycles. The van der Waals surface area contributed by atoms with Gasteiger partial charge in [-0.15, -0.1) is 0 Å². The molecule has 6 heteroatoms. The first-order valence-corrected chi connectivity index (χ1v) is 8.46. The van der Waals surface area contributed by atoms with Crippen LogP contribution in [0.15, 0.2) is 55.3 Å². The van der Waals surface area contributed by atoms with Crippen molar-refractivity contribution in [1.82, 2.24) is 24.6 Å². The SMILES string of the molecule is O=C(/C=C/c1cccc2cccnc12)N1CCCC1Cn1cncn1. The molecule has 1 aromatic carbocycles. The molecule has 1 saturated heterocycles. The lowest BCUT2D eigenvalue weighted by Gasteiger charge is -2.23. The van der Waals surface area contributed by atoms with Crippen molar-refractivity contribution in [2.45, 2.75) is 25.4 Å². The summed E-state index contributed by atoms with van der Waals surface area (Å²) in [5.41, 5.74) is 1.87. The Labute approximate surface area is 145 Å². The summed E-state index contributed by atoms with van der Waals surface area (Å²) >= 11 is 0. The molecule has 126 valence electrons. The average molecular weight is 333 g/mol. The van der Waals surface area contributed by atoms with Crippen LogP contribution in [0, 0.1) is 0 Å². The number of hydrogen-bond donors (Lipinski definition) is 0. The molecule has 3 aromatic rings. The highest BCUT2D eigenvalue weighted by atomic mass is 16.2. The maximum absolute atomic E-state index is 12.7. The largest absolute Gasteiger partial charge is 0.334 e. The van der Waals surface area contributed by atoms with Gasteiger partial charge in [-0.05, 0) is 25.0 Å². The summed E-state index contributed by atoms with van der Waals surface area (Å²) in [4.78, 5) is 23.0. The maximum atomic E-state index is 12.7. The number of amides is 1. The molecule has 0 aliphatic carbocycles. The van der Waals surface area contributed by atoms with E-state index >= 15 is 0 Å². The van der Waals surface area contributed by atoms with Gasteiger partial charge in [-0.3, -0.25) is 14.5 Å². The molecule has 6 nitrogen and oxygen atoms in total. The van der Waals surface area contributed by atoms with E-state index in [9.17, 15) is 4.79 Å². The molecule has 0 N–H and O–H groups in total. The van der Waals surface area contributed by atoms with Crippen molar-refractivity contribution >= 4 is 22.9 Å². The van der Waals surface area contributed by atoms with E-state index in [1.807, 2.05) is 41.3 Å². The van der Waals surface area contributed by atoms with E-state index in [-0.39, 0.29) is 11.9 Å². The molecule has 1 aliphatic rings. The van der Waals surface area contributed by atoms with Gasteiger partial charge in [0.25, 0.3) is 0 Å². The highest BCUT2D eigenvalue weighted by Crippen LogP contribution is 2.21. The Balaban J connectivity index is 1.51. The van der Waals surface area contributed by atoms with Crippen molar-refractivity contribution in [1.29, 1.82) is 0 Å². The molecule has 1 amide bonds. The molecule has 3 heterocycles. The third-order valence-electron chi connectivity index (χ3n) is 4.59. The maximum Gasteiger partial charge on any atom is 0.246 e. The van der Waals surface area contributed by atoms with Gasteiger partial charge in [0.15, 0.2) is 0 Å². The molecule has 25 heavy (non-hydrogen) atoms. The van der Waals surface area contributed by atoms with E-state index in [2.05, 4.69) is 15.1 Å². The number of carbonyl (C=O) groups is 1. The predicted molar refractivity (Wildman–Crippen MR) is 95.5 cm³/mol. The summed E-state index contributed by atoms with van der Waals surface area (Å²) in [6.07, 6.45) is 10.5. The van der Waals surface area contributed by atoms with Crippen LogP contribution in [0.5, 0.6) is 0 Å². The van der Waals surface area contributed by atoms with Crippen molar-refractivity contribution in [3.8, 4) is 0 Å². The molecule has 0 spiro atoms. The Hall–Kier alpha value is -3.02. The minimum atomic E-state index is 0.0375. The van der Waals surface area contributed by atoms with Gasteiger partial charge in [0.1, 0.15) is 12.7 Å². The first kappa shape index (κ1) is 15.5. The van der Waals surface area contributed by atoms with Crippen LogP contribution in [0.3, 0.4) is 0 Å². The molecule has 4 rings (SSSR count). The van der Waals surface area contributed by atoms with E-state index in [1.54, 1.807) is 23.3 Å². The Morgan fingerprint density at radius 3 is 3.08 bits per heavy atom. The summed E-state index contributed by atoms with van der Waals surface area (Å²) in [6.45, 7) is 1.48. The number of rotatable bonds is 4. The minimum absolute atomic E-state index is 0.0375. The molecule has 2 aromatic heterocycles. The third-order valence-corrected chi connectivity index (χ3v) is 4.59. The van der Waals surface area contributed by atoms with Gasteiger partial charge in [-0.2, -0.15) is 5.10 Å². The zero-order valence-electron chi connectivity index (χ0n) is 13.8. The highest BCUT2D eigenvalue weighted by molar-refractivity contribution is 5.95. The Bertz CT molecular complexity index is 898. The first-order chi connectivity index (χ1) is 12.3. The van der Waals surface area contributed by atoms with Crippen molar-refractivity contribution in [2.75, 3.05) is 6.54 Å². The van der Waals surface area contributed by atoms with Gasteiger partial charge >= 0.3 is 0 Å². The topological polar surface area (TPSA) is 63.9 Å². The molecule has 0 radical (unpaired) electrons. The summed E-state index contributed by atoms with van der Waals surface area (Å²) in [5, 5.41) is 5.21. The van der Waals surface area contributed by atoms with E-state index in [0.29, 0.717) is 6.54 Å². The number of pyridine rings is 1. The highest BCUT2D eigenvalue weighted by Gasteiger charge is 2.27. The van der Waals surface area contributed by atoms with Crippen molar-refractivity contribution in [3.05, 3.63) is 60.8 Å². The van der Waals surface area contributed by atoms with Crippen LogP contribution in [0.25, 0.3) is 17.0 Å². The van der Waals surface area contributed by atoms with Gasteiger partial charge in [0.05, 0.1) is 18.1 Å². The summed E-state index contributed by atoms with van der Waals surface area (Å²) in [5.74, 6) is 0.0375. The number of nitrogens with zero attached hydrogens (tertiary/aromatic N) is 5. The van der Waals surface area contributed by atoms with Crippen LogP contribution in [-0.2, 0) is 11.3 Å². The van der Waals surface area contributed by atoms with Crippen LogP contribution in [0.1, 0.15) is 18.4 Å². The van der Waals surface area contributed by atoms with Crippen molar-refractivity contribution in [2.24, 2.45) is 0 Å². The van der Waals surface area contributed by atoms with Crippen LogP contribution in [-0.4, -0.2) is 43.1 Å². The molecule has 1 atom stereocenters. The van der Waals surface area contributed by atoms with E-state index in [1.165, 1.54) is 6.33 Å². The van der Waals surface area contributed by atoms with Crippen molar-refractivity contribution in [3.63, 3.8) is 0 Å². The van der Waals surface area contributed by atoms with Gasteiger partial charge in [-0.25, -0.2) is 4.98 Å². The summed E-state index contributed by atoms with van der Waals surface area (Å²) in [7, 11) is 0. The molecule has 0 bridgehead atoms. The fourth-order valence-corrected chi connectivity index (χ4v) is 3.38. The van der Waals surface area contributed by atoms with Gasteiger partial charge in [0.2, 0.25) is 5.91 Å². The minimum Gasteiger partial charge on any atom is -0.334 e. The van der Waals surface area contributed by atoms with E-state index < -0.39 is 0 Å². The summed E-state index contributed by atoms with van der Waals surface area (Å²) in [6, 6.07) is 10.1. The lowest BCUT2D eigenvalue weighted by Crippen LogP contribution is -2.37. The number of likely N-dealkylation sites (tertiary alicyclic amines) is 1. The predicted octanol–water partition coefficient (Wildman–Crippen LogP) is 2.53. The Morgan fingerprint density at radius 1 is 1.28 bits per heavy atom. The number of aromatic nitrogens is 4. The zero-order chi connectivity index (χ0) is 17.1. The van der Waals surface area contributed by atoms with Crippen molar-refractivity contribution < 1.29 is 4.79 Å². The average Bonchev–Trinajstić information content (AvgIpc) is 3.32. The van der Waals surface area contributed by atoms with Crippen LogP contribution < -0.4 is 0 Å². The smallest absolute Gasteiger partial charge is 0.246 e. The Kier molecular flexibility index (Phi) is 4.24. The number of para-hydroxylation sites is 1. The number of carbonyl (C=O) groups excluding carboxylic acids is 1. The van der Waals surface area contributed by atoms with Crippen LogP contribution in [0.4, 0.5) is 0 Å². The third kappa shape index (κ3) is 3.28. The molecule has 1 aliphatic heterocycles. The van der Waals surface area contributed by atoms with Crippen LogP contribution >= 0.6 is 0 Å². The number of hydrogen-bond acceptors (Lipinski definition) is 4. The lowest BCUT2D eigenvalue weighted by atomic mass is 10.1. The zero-order valence-corrected chi connectivity index (χ0v) is 13.8. The van der Waals surface area contributed by atoms with E-state index in [0.717, 1.165) is 35.9 Å². The normalized spacial score (nSPS) is 17.6. The second kappa shape index (κ2) is 6.84. The van der Waals surface area contributed by atoms with Gasteiger partial charge < -0.3 is 4.90 Å². The first-order valence-electron chi connectivity index (χ1n) is 8.46. The Morgan fingerprint density at radius 2 is 2.20 bits per heavy atom. The van der Waals surface area contributed by atoms with E-state index in [4.69, 9.17) is 0 Å².